The van der Waals surface area contributed by atoms with E-state index < -0.39 is 17.6 Å². The third kappa shape index (κ3) is 5.44. The molecule has 1 aromatic carbocycles. The Morgan fingerprint density at radius 1 is 1.17 bits per heavy atom. The largest absolute Gasteiger partial charge is 0.444 e. The van der Waals surface area contributed by atoms with Gasteiger partial charge in [-0.25, -0.2) is 9.78 Å². The van der Waals surface area contributed by atoms with Gasteiger partial charge in [-0.2, -0.15) is 0 Å². The Kier molecular flexibility index (Phi) is 6.21. The van der Waals surface area contributed by atoms with E-state index in [4.69, 9.17) is 4.74 Å². The van der Waals surface area contributed by atoms with E-state index in [9.17, 15) is 14.4 Å². The van der Waals surface area contributed by atoms with Gasteiger partial charge in [0.05, 0.1) is 5.39 Å². The minimum atomic E-state index is -0.559. The average Bonchev–Trinajstić information content (AvgIpc) is 3.05. The van der Waals surface area contributed by atoms with Gasteiger partial charge in [0.25, 0.3) is 11.5 Å². The van der Waals surface area contributed by atoms with Crippen molar-refractivity contribution in [3.05, 3.63) is 62.5 Å². The second kappa shape index (κ2) is 8.66. The number of H-pyrrole nitrogens is 1. The van der Waals surface area contributed by atoms with Crippen molar-refractivity contribution in [2.75, 3.05) is 0 Å². The molecule has 2 aromatic heterocycles. The molecule has 0 bridgehead atoms. The van der Waals surface area contributed by atoms with Gasteiger partial charge in [-0.05, 0) is 49.8 Å². The highest BCUT2D eigenvalue weighted by Crippen LogP contribution is 2.19. The number of aromatic amines is 1. The highest BCUT2D eigenvalue weighted by Gasteiger charge is 2.16. The van der Waals surface area contributed by atoms with E-state index in [0.29, 0.717) is 16.8 Å². The molecule has 9 heteroatoms. The molecule has 30 heavy (non-hydrogen) atoms. The summed E-state index contributed by atoms with van der Waals surface area (Å²) in [6.07, 6.45) is -0.490. The first-order valence-corrected chi connectivity index (χ1v) is 10.3. The zero-order valence-corrected chi connectivity index (χ0v) is 18.1. The molecule has 0 aliphatic rings. The molecule has 3 aromatic rings. The molecule has 0 radical (unpaired) electrons. The number of hydrogen-bond donors (Lipinski definition) is 3. The lowest BCUT2D eigenvalue weighted by Gasteiger charge is -2.19. The number of thiophene rings is 1. The summed E-state index contributed by atoms with van der Waals surface area (Å²) in [6, 6.07) is 7.45. The van der Waals surface area contributed by atoms with Crippen LogP contribution in [-0.4, -0.2) is 27.6 Å². The van der Waals surface area contributed by atoms with Crippen molar-refractivity contribution < 1.29 is 14.3 Å². The van der Waals surface area contributed by atoms with Crippen LogP contribution in [0.25, 0.3) is 10.2 Å². The predicted octanol–water partition coefficient (Wildman–Crippen LogP) is 3.25. The van der Waals surface area contributed by atoms with Gasteiger partial charge in [-0.15, -0.1) is 11.3 Å². The van der Waals surface area contributed by atoms with Crippen molar-refractivity contribution in [3.63, 3.8) is 0 Å². The molecule has 0 saturated carbocycles. The summed E-state index contributed by atoms with van der Waals surface area (Å²) in [5.41, 5.74) is 1.68. The molecule has 3 rings (SSSR count). The summed E-state index contributed by atoms with van der Waals surface area (Å²) in [6.45, 7) is 7.80. The summed E-state index contributed by atoms with van der Waals surface area (Å²) in [7, 11) is 0. The van der Waals surface area contributed by atoms with E-state index in [1.165, 1.54) is 11.3 Å². The molecular weight excluding hydrogens is 404 g/mol. The zero-order valence-electron chi connectivity index (χ0n) is 17.3. The number of carbonyl (C=O) groups is 2. The van der Waals surface area contributed by atoms with Crippen LogP contribution < -0.4 is 16.2 Å². The highest BCUT2D eigenvalue weighted by atomic mass is 32.1. The average molecular weight is 429 g/mol. The highest BCUT2D eigenvalue weighted by molar-refractivity contribution is 7.16. The van der Waals surface area contributed by atoms with E-state index >= 15 is 0 Å². The summed E-state index contributed by atoms with van der Waals surface area (Å²) < 4.78 is 5.22. The van der Waals surface area contributed by atoms with Crippen molar-refractivity contribution >= 4 is 33.6 Å². The second-order valence-corrected chi connectivity index (χ2v) is 8.73. The number of aryl methyl sites for hydroxylation is 1. The van der Waals surface area contributed by atoms with E-state index in [1.807, 2.05) is 36.6 Å². The van der Waals surface area contributed by atoms with Gasteiger partial charge in [-0.3, -0.25) is 9.59 Å². The first kappa shape index (κ1) is 21.5. The molecule has 0 saturated heterocycles. The lowest BCUT2D eigenvalue weighted by atomic mass is 10.1. The van der Waals surface area contributed by atoms with Crippen LogP contribution in [0, 0.1) is 6.92 Å². The number of alkyl carbamates (subject to hydrolysis) is 1. The molecule has 0 atom stereocenters. The minimum absolute atomic E-state index is 0.0166. The number of fused-ring (bicyclic) bond motifs is 1. The fourth-order valence-electron chi connectivity index (χ4n) is 2.80. The molecule has 0 unspecified atom stereocenters. The van der Waals surface area contributed by atoms with Crippen LogP contribution in [0.5, 0.6) is 0 Å². The molecule has 8 nitrogen and oxygen atoms in total. The zero-order chi connectivity index (χ0) is 21.9. The Balaban J connectivity index is 1.61. The van der Waals surface area contributed by atoms with E-state index in [2.05, 4.69) is 20.6 Å². The number of rotatable bonds is 5. The van der Waals surface area contributed by atoms with Crippen LogP contribution in [0.1, 0.15) is 48.1 Å². The minimum Gasteiger partial charge on any atom is -0.444 e. The fraction of sp³-hybridized carbons (Fsp3) is 0.333. The predicted molar refractivity (Wildman–Crippen MR) is 116 cm³/mol. The molecule has 158 valence electrons. The van der Waals surface area contributed by atoms with Gasteiger partial charge < -0.3 is 20.4 Å². The number of nitrogens with zero attached hydrogens (tertiary/aromatic N) is 1. The van der Waals surface area contributed by atoms with Crippen molar-refractivity contribution in [1.29, 1.82) is 0 Å². The molecule has 0 aliphatic heterocycles. The first-order chi connectivity index (χ1) is 14.1. The number of amides is 2. The fourth-order valence-corrected chi connectivity index (χ4v) is 3.72. The van der Waals surface area contributed by atoms with Gasteiger partial charge in [0, 0.05) is 13.1 Å². The number of hydrogen-bond acceptors (Lipinski definition) is 6. The first-order valence-electron chi connectivity index (χ1n) is 9.43. The van der Waals surface area contributed by atoms with Crippen LogP contribution in [0.3, 0.4) is 0 Å². The van der Waals surface area contributed by atoms with Crippen molar-refractivity contribution in [2.45, 2.75) is 46.4 Å². The van der Waals surface area contributed by atoms with Crippen LogP contribution >= 0.6 is 11.3 Å². The summed E-state index contributed by atoms with van der Waals surface area (Å²) in [5, 5.41) is 7.81. The standard InChI is InChI=1S/C21H24N4O4S/c1-12-11-30-19-15(12)17(26)24-16(25-19)18(27)22-9-13-6-5-7-14(8-13)10-23-20(28)29-21(2,3)4/h5-8,11H,9-10H2,1-4H3,(H,22,27)(H,23,28)(H,24,25,26). The molecule has 0 fully saturated rings. The maximum Gasteiger partial charge on any atom is 0.407 e. The summed E-state index contributed by atoms with van der Waals surface area (Å²) in [5.74, 6) is -0.477. The number of carbonyl (C=O) groups excluding carboxylic acids is 2. The SMILES string of the molecule is Cc1csc2nc(C(=O)NCc3cccc(CNC(=O)OC(C)(C)C)c3)[nH]c(=O)c12. The summed E-state index contributed by atoms with van der Waals surface area (Å²) >= 11 is 1.33. The van der Waals surface area contributed by atoms with E-state index in [1.54, 1.807) is 20.8 Å². The molecule has 2 heterocycles. The molecule has 0 aliphatic carbocycles. The van der Waals surface area contributed by atoms with Crippen molar-refractivity contribution in [2.24, 2.45) is 0 Å². The number of ether oxygens (including phenoxy) is 1. The normalized spacial score (nSPS) is 11.3. The van der Waals surface area contributed by atoms with Crippen LogP contribution in [0.15, 0.2) is 34.4 Å². The van der Waals surface area contributed by atoms with Crippen molar-refractivity contribution in [3.8, 4) is 0 Å². The number of nitrogens with one attached hydrogen (secondary N) is 3. The van der Waals surface area contributed by atoms with E-state index in [0.717, 1.165) is 16.7 Å². The summed E-state index contributed by atoms with van der Waals surface area (Å²) in [4.78, 5) is 43.8. The van der Waals surface area contributed by atoms with Crippen LogP contribution in [-0.2, 0) is 17.8 Å². The molecule has 0 spiro atoms. The quantitative estimate of drug-likeness (QED) is 0.577. The Labute approximate surface area is 177 Å². The smallest absolute Gasteiger partial charge is 0.407 e. The Hall–Kier alpha value is -3.20. The van der Waals surface area contributed by atoms with Gasteiger partial charge in [0.15, 0.2) is 0 Å². The van der Waals surface area contributed by atoms with Gasteiger partial charge >= 0.3 is 6.09 Å². The lowest BCUT2D eigenvalue weighted by molar-refractivity contribution is 0.0523. The third-order valence-electron chi connectivity index (χ3n) is 4.12. The second-order valence-electron chi connectivity index (χ2n) is 7.87. The maximum absolute atomic E-state index is 12.4. The molecule has 3 N–H and O–H groups in total. The molecule has 2 amide bonds. The van der Waals surface area contributed by atoms with Gasteiger partial charge in [0.1, 0.15) is 10.4 Å². The Morgan fingerprint density at radius 3 is 2.50 bits per heavy atom. The maximum atomic E-state index is 12.4. The third-order valence-corrected chi connectivity index (χ3v) is 5.11. The van der Waals surface area contributed by atoms with Crippen LogP contribution in [0.2, 0.25) is 0 Å². The van der Waals surface area contributed by atoms with Crippen LogP contribution in [0.4, 0.5) is 4.79 Å². The van der Waals surface area contributed by atoms with E-state index in [-0.39, 0.29) is 17.9 Å². The monoisotopic (exact) mass is 428 g/mol. The van der Waals surface area contributed by atoms with Gasteiger partial charge in [0.2, 0.25) is 5.82 Å². The lowest BCUT2D eigenvalue weighted by Crippen LogP contribution is -2.32. The molecular formula is C21H24N4O4S. The number of benzene rings is 1. The number of aromatic nitrogens is 2. The van der Waals surface area contributed by atoms with Crippen molar-refractivity contribution in [1.82, 2.24) is 20.6 Å². The Morgan fingerprint density at radius 2 is 1.83 bits per heavy atom. The topological polar surface area (TPSA) is 113 Å². The van der Waals surface area contributed by atoms with Gasteiger partial charge in [-0.1, -0.05) is 24.3 Å². The Bertz CT molecular complexity index is 1140.